The zero-order valence-electron chi connectivity index (χ0n) is 15.2. The molecule has 0 bridgehead atoms. The first-order valence-electron chi connectivity index (χ1n) is 9.03. The molecule has 3 aromatic heterocycles. The average Bonchev–Trinajstić information content (AvgIpc) is 3.07. The second-order valence-electron chi connectivity index (χ2n) is 6.39. The zero-order chi connectivity index (χ0) is 19.0. The standard InChI is InChI=1S/C19H19ClN6O/c1-3-5-10-25-11-21-18-16(19(25)27)22-23-17-15(14(4-2)24-26(17)18)12-6-8-13(20)9-7-12/h6-9,11H,3-5,10H2,1-2H3. The van der Waals surface area contributed by atoms with Gasteiger partial charge in [0.1, 0.15) is 6.33 Å². The van der Waals surface area contributed by atoms with E-state index in [0.717, 1.165) is 36.1 Å². The Morgan fingerprint density at radius 1 is 1.07 bits per heavy atom. The van der Waals surface area contributed by atoms with Crippen molar-refractivity contribution in [1.82, 2.24) is 29.4 Å². The predicted molar refractivity (Wildman–Crippen MR) is 105 cm³/mol. The predicted octanol–water partition coefficient (Wildman–Crippen LogP) is 3.52. The van der Waals surface area contributed by atoms with Gasteiger partial charge < -0.3 is 0 Å². The Hall–Kier alpha value is -2.80. The minimum Gasteiger partial charge on any atom is -0.297 e. The van der Waals surface area contributed by atoms with Gasteiger partial charge in [0, 0.05) is 11.6 Å². The van der Waals surface area contributed by atoms with Crippen molar-refractivity contribution in [2.75, 3.05) is 0 Å². The minimum absolute atomic E-state index is 0.190. The van der Waals surface area contributed by atoms with Crippen LogP contribution in [0.5, 0.6) is 0 Å². The topological polar surface area (TPSA) is 78.0 Å². The molecular weight excluding hydrogens is 364 g/mol. The van der Waals surface area contributed by atoms with Gasteiger partial charge in [-0.25, -0.2) is 4.98 Å². The number of hydrogen-bond donors (Lipinski definition) is 0. The van der Waals surface area contributed by atoms with Crippen LogP contribution >= 0.6 is 11.6 Å². The Balaban J connectivity index is 1.97. The summed E-state index contributed by atoms with van der Waals surface area (Å²) in [7, 11) is 0. The molecule has 0 N–H and O–H groups in total. The molecule has 0 fully saturated rings. The number of unbranched alkanes of at least 4 members (excludes halogenated alkanes) is 1. The van der Waals surface area contributed by atoms with Crippen molar-refractivity contribution in [2.24, 2.45) is 0 Å². The van der Waals surface area contributed by atoms with Crippen LogP contribution in [-0.4, -0.2) is 29.4 Å². The highest BCUT2D eigenvalue weighted by Gasteiger charge is 2.19. The van der Waals surface area contributed by atoms with E-state index in [2.05, 4.69) is 27.2 Å². The second-order valence-corrected chi connectivity index (χ2v) is 6.82. The molecule has 0 amide bonds. The molecule has 0 aliphatic heterocycles. The van der Waals surface area contributed by atoms with Crippen molar-refractivity contribution < 1.29 is 0 Å². The first kappa shape index (κ1) is 17.6. The summed E-state index contributed by atoms with van der Waals surface area (Å²) in [4.78, 5) is 17.2. The molecule has 27 heavy (non-hydrogen) atoms. The minimum atomic E-state index is -0.190. The molecule has 0 atom stereocenters. The van der Waals surface area contributed by atoms with Gasteiger partial charge in [-0.15, -0.1) is 10.2 Å². The van der Waals surface area contributed by atoms with Crippen molar-refractivity contribution in [3.8, 4) is 11.1 Å². The van der Waals surface area contributed by atoms with Crippen LogP contribution in [0.15, 0.2) is 35.4 Å². The van der Waals surface area contributed by atoms with Crippen LogP contribution in [-0.2, 0) is 13.0 Å². The van der Waals surface area contributed by atoms with Crippen molar-refractivity contribution >= 4 is 28.4 Å². The molecule has 0 saturated heterocycles. The highest BCUT2D eigenvalue weighted by Crippen LogP contribution is 2.29. The third kappa shape index (κ3) is 2.98. The molecule has 0 aliphatic carbocycles. The third-order valence-corrected chi connectivity index (χ3v) is 4.85. The molecule has 3 heterocycles. The second kappa shape index (κ2) is 7.08. The molecule has 0 aliphatic rings. The van der Waals surface area contributed by atoms with E-state index in [1.54, 1.807) is 15.4 Å². The number of aromatic nitrogens is 6. The van der Waals surface area contributed by atoms with Gasteiger partial charge in [-0.2, -0.15) is 9.61 Å². The molecular formula is C19H19ClN6O. The van der Waals surface area contributed by atoms with Gasteiger partial charge in [0.15, 0.2) is 16.8 Å². The van der Waals surface area contributed by atoms with E-state index in [1.807, 2.05) is 31.2 Å². The lowest BCUT2D eigenvalue weighted by Crippen LogP contribution is -2.23. The van der Waals surface area contributed by atoms with Crippen molar-refractivity contribution in [2.45, 2.75) is 39.7 Å². The Morgan fingerprint density at radius 2 is 1.85 bits per heavy atom. The summed E-state index contributed by atoms with van der Waals surface area (Å²) in [6.07, 6.45) is 4.19. The molecule has 4 rings (SSSR count). The van der Waals surface area contributed by atoms with Crippen LogP contribution in [0.2, 0.25) is 5.02 Å². The van der Waals surface area contributed by atoms with Gasteiger partial charge in [-0.05, 0) is 30.5 Å². The Kier molecular flexibility index (Phi) is 4.61. The smallest absolute Gasteiger partial charge is 0.283 e. The van der Waals surface area contributed by atoms with E-state index in [1.165, 1.54) is 0 Å². The normalized spacial score (nSPS) is 11.5. The van der Waals surface area contributed by atoms with E-state index in [9.17, 15) is 4.79 Å². The van der Waals surface area contributed by atoms with Crippen LogP contribution in [0.1, 0.15) is 32.4 Å². The van der Waals surface area contributed by atoms with Crippen LogP contribution in [0, 0.1) is 0 Å². The number of rotatable bonds is 5. The molecule has 0 saturated carbocycles. The number of benzene rings is 1. The summed E-state index contributed by atoms with van der Waals surface area (Å²) in [5.41, 5.74) is 3.76. The maximum absolute atomic E-state index is 12.7. The lowest BCUT2D eigenvalue weighted by Gasteiger charge is -2.05. The first-order chi connectivity index (χ1) is 13.1. The first-order valence-corrected chi connectivity index (χ1v) is 9.41. The van der Waals surface area contributed by atoms with E-state index in [4.69, 9.17) is 11.6 Å². The number of fused-ring (bicyclic) bond motifs is 3. The Morgan fingerprint density at radius 3 is 2.56 bits per heavy atom. The third-order valence-electron chi connectivity index (χ3n) is 4.59. The van der Waals surface area contributed by atoms with Gasteiger partial charge in [0.05, 0.1) is 11.3 Å². The van der Waals surface area contributed by atoms with Crippen LogP contribution in [0.3, 0.4) is 0 Å². The molecule has 8 heteroatoms. The molecule has 4 aromatic rings. The zero-order valence-corrected chi connectivity index (χ0v) is 15.9. The largest absolute Gasteiger partial charge is 0.297 e. The molecule has 1 aromatic carbocycles. The summed E-state index contributed by atoms with van der Waals surface area (Å²) < 4.78 is 3.20. The summed E-state index contributed by atoms with van der Waals surface area (Å²) in [5.74, 6) is 0. The van der Waals surface area contributed by atoms with Crippen LogP contribution in [0.25, 0.3) is 27.9 Å². The number of halogens is 1. The quantitative estimate of drug-likeness (QED) is 0.527. The molecule has 0 spiro atoms. The maximum Gasteiger partial charge on any atom is 0.283 e. The number of nitrogens with zero attached hydrogens (tertiary/aromatic N) is 6. The Bertz CT molecular complexity index is 1180. The molecule has 138 valence electrons. The lowest BCUT2D eigenvalue weighted by atomic mass is 10.0. The summed E-state index contributed by atoms with van der Waals surface area (Å²) in [6.45, 7) is 4.73. The fourth-order valence-electron chi connectivity index (χ4n) is 3.15. The summed E-state index contributed by atoms with van der Waals surface area (Å²) >= 11 is 6.02. The van der Waals surface area contributed by atoms with Crippen molar-refractivity contribution in [3.63, 3.8) is 0 Å². The summed E-state index contributed by atoms with van der Waals surface area (Å²) in [5, 5.41) is 13.8. The summed E-state index contributed by atoms with van der Waals surface area (Å²) in [6, 6.07) is 7.53. The highest BCUT2D eigenvalue weighted by atomic mass is 35.5. The van der Waals surface area contributed by atoms with Crippen molar-refractivity contribution in [3.05, 3.63) is 51.7 Å². The molecule has 0 radical (unpaired) electrons. The van der Waals surface area contributed by atoms with E-state index in [0.29, 0.717) is 22.9 Å². The fraction of sp³-hybridized carbons (Fsp3) is 0.316. The van der Waals surface area contributed by atoms with Gasteiger partial charge in [-0.1, -0.05) is 44.0 Å². The van der Waals surface area contributed by atoms with Crippen molar-refractivity contribution in [1.29, 1.82) is 0 Å². The van der Waals surface area contributed by atoms with Gasteiger partial charge in [0.2, 0.25) is 0 Å². The van der Waals surface area contributed by atoms with E-state index >= 15 is 0 Å². The number of hydrogen-bond acceptors (Lipinski definition) is 5. The van der Waals surface area contributed by atoms with Crippen LogP contribution in [0.4, 0.5) is 0 Å². The SMILES string of the molecule is CCCCn1cnc2c(nnc3c(-c4ccc(Cl)cc4)c(CC)nn32)c1=O. The molecule has 7 nitrogen and oxygen atoms in total. The van der Waals surface area contributed by atoms with Gasteiger partial charge in [0.25, 0.3) is 5.56 Å². The molecule has 0 unspecified atom stereocenters. The fourth-order valence-corrected chi connectivity index (χ4v) is 3.28. The number of aryl methyl sites for hydroxylation is 2. The van der Waals surface area contributed by atoms with Gasteiger partial charge in [-0.3, -0.25) is 9.36 Å². The van der Waals surface area contributed by atoms with E-state index in [-0.39, 0.29) is 11.1 Å². The van der Waals surface area contributed by atoms with Crippen LogP contribution < -0.4 is 5.56 Å². The maximum atomic E-state index is 12.7. The average molecular weight is 383 g/mol. The van der Waals surface area contributed by atoms with E-state index < -0.39 is 0 Å². The lowest BCUT2D eigenvalue weighted by molar-refractivity contribution is 0.605. The Labute approximate surface area is 160 Å². The monoisotopic (exact) mass is 382 g/mol. The highest BCUT2D eigenvalue weighted by molar-refractivity contribution is 6.30. The van der Waals surface area contributed by atoms with Gasteiger partial charge >= 0.3 is 0 Å².